The molecule has 104 valence electrons. The van der Waals surface area contributed by atoms with Crippen LogP contribution in [0.4, 0.5) is 11.4 Å². The first kappa shape index (κ1) is 14.3. The smallest absolute Gasteiger partial charge is 0.273 e. The van der Waals surface area contributed by atoms with Crippen molar-refractivity contribution in [2.75, 3.05) is 18.0 Å². The topological polar surface area (TPSA) is 46.4 Å². The number of rotatable bonds is 3. The minimum atomic E-state index is -0.315. The number of nitro groups is 1. The maximum Gasteiger partial charge on any atom is 0.273 e. The summed E-state index contributed by atoms with van der Waals surface area (Å²) in [5.74, 6) is 0.777. The van der Waals surface area contributed by atoms with Gasteiger partial charge in [-0.1, -0.05) is 22.9 Å². The minimum absolute atomic E-state index is 0.198. The third-order valence-corrected chi connectivity index (χ3v) is 4.39. The lowest BCUT2D eigenvalue weighted by molar-refractivity contribution is -0.385. The summed E-state index contributed by atoms with van der Waals surface area (Å²) in [5.41, 5.74) is 2.05. The van der Waals surface area contributed by atoms with E-state index in [2.05, 4.69) is 27.8 Å². The number of hydrogen-bond acceptors (Lipinski definition) is 3. The summed E-state index contributed by atoms with van der Waals surface area (Å²) < 4.78 is 0. The van der Waals surface area contributed by atoms with Crippen LogP contribution in [0.2, 0.25) is 0 Å². The molecule has 1 saturated heterocycles. The molecule has 1 aromatic carbocycles. The van der Waals surface area contributed by atoms with Crippen LogP contribution in [0.15, 0.2) is 18.2 Å². The zero-order chi connectivity index (χ0) is 13.8. The number of nitro benzene ring substituents is 1. The second kappa shape index (κ2) is 6.37. The zero-order valence-corrected chi connectivity index (χ0v) is 12.7. The highest BCUT2D eigenvalue weighted by atomic mass is 79.9. The van der Waals surface area contributed by atoms with E-state index in [0.717, 1.165) is 30.3 Å². The van der Waals surface area contributed by atoms with Gasteiger partial charge >= 0.3 is 0 Å². The van der Waals surface area contributed by atoms with Gasteiger partial charge in [0.05, 0.1) is 4.92 Å². The van der Waals surface area contributed by atoms with Crippen molar-refractivity contribution >= 4 is 27.3 Å². The third-order valence-electron chi connectivity index (χ3n) is 3.79. The Bertz CT molecular complexity index is 465. The number of nitrogens with zero attached hydrogens (tertiary/aromatic N) is 2. The van der Waals surface area contributed by atoms with Crippen LogP contribution in [-0.4, -0.2) is 18.0 Å². The number of benzene rings is 1. The molecule has 1 aromatic rings. The second-order valence-corrected chi connectivity index (χ2v) is 5.79. The van der Waals surface area contributed by atoms with Gasteiger partial charge in [0.25, 0.3) is 5.69 Å². The van der Waals surface area contributed by atoms with E-state index < -0.39 is 0 Å². The van der Waals surface area contributed by atoms with Crippen LogP contribution in [0.3, 0.4) is 0 Å². The molecule has 1 aliphatic heterocycles. The molecule has 1 unspecified atom stereocenters. The molecular formula is C14H19BrN2O2. The van der Waals surface area contributed by atoms with Crippen LogP contribution in [0.5, 0.6) is 0 Å². The van der Waals surface area contributed by atoms with Gasteiger partial charge in [-0.2, -0.15) is 0 Å². The first-order valence-electron chi connectivity index (χ1n) is 6.70. The van der Waals surface area contributed by atoms with E-state index >= 15 is 0 Å². The summed E-state index contributed by atoms with van der Waals surface area (Å²) in [6, 6.07) is 5.45. The molecule has 0 amide bonds. The lowest BCUT2D eigenvalue weighted by Gasteiger charge is -2.23. The van der Waals surface area contributed by atoms with E-state index in [4.69, 9.17) is 0 Å². The molecule has 0 saturated carbocycles. The molecule has 0 aromatic heterocycles. The summed E-state index contributed by atoms with van der Waals surface area (Å²) in [6.07, 6.45) is 3.66. The molecule has 1 atom stereocenters. The highest BCUT2D eigenvalue weighted by Gasteiger charge is 2.18. The van der Waals surface area contributed by atoms with Gasteiger partial charge in [-0.05, 0) is 37.3 Å². The Kier molecular flexibility index (Phi) is 4.80. The maximum absolute atomic E-state index is 10.9. The largest absolute Gasteiger partial charge is 0.372 e. The molecule has 0 radical (unpaired) electrons. The molecule has 0 spiro atoms. The van der Waals surface area contributed by atoms with Crippen LogP contribution in [0.1, 0.15) is 31.7 Å². The summed E-state index contributed by atoms with van der Waals surface area (Å²) >= 11 is 3.34. The van der Waals surface area contributed by atoms with Crippen LogP contribution >= 0.6 is 15.9 Å². The first-order valence-corrected chi connectivity index (χ1v) is 7.82. The highest BCUT2D eigenvalue weighted by molar-refractivity contribution is 9.08. The monoisotopic (exact) mass is 326 g/mol. The lowest BCUT2D eigenvalue weighted by Crippen LogP contribution is -2.24. The Morgan fingerprint density at radius 2 is 2.21 bits per heavy atom. The summed E-state index contributed by atoms with van der Waals surface area (Å²) in [4.78, 5) is 13.0. The van der Waals surface area contributed by atoms with Gasteiger partial charge in [-0.15, -0.1) is 0 Å². The van der Waals surface area contributed by atoms with Crippen molar-refractivity contribution < 1.29 is 4.92 Å². The van der Waals surface area contributed by atoms with Crippen molar-refractivity contribution in [1.82, 2.24) is 0 Å². The van der Waals surface area contributed by atoms with Crippen molar-refractivity contribution in [3.8, 4) is 0 Å². The average Bonchev–Trinajstić information content (AvgIpc) is 2.62. The van der Waals surface area contributed by atoms with Crippen LogP contribution < -0.4 is 4.90 Å². The molecule has 1 heterocycles. The van der Waals surface area contributed by atoms with Crippen molar-refractivity contribution in [2.24, 2.45) is 5.92 Å². The zero-order valence-electron chi connectivity index (χ0n) is 11.1. The average molecular weight is 327 g/mol. The Balaban J connectivity index is 2.22. The van der Waals surface area contributed by atoms with E-state index in [1.54, 1.807) is 6.07 Å². The number of hydrogen-bond donors (Lipinski definition) is 0. The second-order valence-electron chi connectivity index (χ2n) is 5.23. The minimum Gasteiger partial charge on any atom is -0.372 e. The first-order chi connectivity index (χ1) is 9.11. The van der Waals surface area contributed by atoms with E-state index in [1.807, 2.05) is 12.1 Å². The number of anilines is 1. The van der Waals surface area contributed by atoms with Gasteiger partial charge in [0.15, 0.2) is 0 Å². The van der Waals surface area contributed by atoms with Crippen LogP contribution in [0.25, 0.3) is 0 Å². The van der Waals surface area contributed by atoms with E-state index in [1.165, 1.54) is 19.3 Å². The molecule has 1 aliphatic rings. The van der Waals surface area contributed by atoms with E-state index in [0.29, 0.717) is 5.33 Å². The van der Waals surface area contributed by atoms with Crippen molar-refractivity contribution in [3.05, 3.63) is 33.9 Å². The van der Waals surface area contributed by atoms with E-state index in [-0.39, 0.29) is 10.6 Å². The van der Waals surface area contributed by atoms with Gasteiger partial charge in [-0.25, -0.2) is 0 Å². The van der Waals surface area contributed by atoms with Crippen molar-refractivity contribution in [2.45, 2.75) is 31.5 Å². The molecule has 0 N–H and O–H groups in total. The molecule has 5 heteroatoms. The fourth-order valence-electron chi connectivity index (χ4n) is 2.57. The maximum atomic E-state index is 10.9. The summed E-state index contributed by atoms with van der Waals surface area (Å²) in [6.45, 7) is 4.38. The molecule has 4 nitrogen and oxygen atoms in total. The molecule has 19 heavy (non-hydrogen) atoms. The van der Waals surface area contributed by atoms with Gasteiger partial charge in [0.2, 0.25) is 0 Å². The van der Waals surface area contributed by atoms with Crippen LogP contribution in [-0.2, 0) is 5.33 Å². The Morgan fingerprint density at radius 1 is 1.42 bits per heavy atom. The molecular weight excluding hydrogens is 308 g/mol. The Labute approximate surface area is 122 Å². The third kappa shape index (κ3) is 3.47. The normalized spacial score (nSPS) is 20.1. The lowest BCUT2D eigenvalue weighted by atomic mass is 10.0. The quantitative estimate of drug-likeness (QED) is 0.477. The van der Waals surface area contributed by atoms with Gasteiger partial charge in [0.1, 0.15) is 0 Å². The van der Waals surface area contributed by atoms with Crippen molar-refractivity contribution in [3.63, 3.8) is 0 Å². The molecule has 0 bridgehead atoms. The standard InChI is InChI=1S/C14H19BrN2O2/c1-11-3-2-7-16(8-6-11)13-4-5-14(17(18)19)12(9-13)10-15/h4-5,9,11H,2-3,6-8,10H2,1H3. The Hall–Kier alpha value is -1.10. The molecule has 2 rings (SSSR count). The van der Waals surface area contributed by atoms with E-state index in [9.17, 15) is 10.1 Å². The van der Waals surface area contributed by atoms with Gasteiger partial charge in [-0.3, -0.25) is 10.1 Å². The number of halogens is 1. The van der Waals surface area contributed by atoms with Crippen molar-refractivity contribution in [1.29, 1.82) is 0 Å². The van der Waals surface area contributed by atoms with Gasteiger partial charge in [0, 0.05) is 35.7 Å². The predicted octanol–water partition coefficient (Wildman–Crippen LogP) is 4.12. The number of alkyl halides is 1. The van der Waals surface area contributed by atoms with Crippen LogP contribution in [0, 0.1) is 16.0 Å². The fourth-order valence-corrected chi connectivity index (χ4v) is 3.02. The Morgan fingerprint density at radius 3 is 2.89 bits per heavy atom. The molecule has 0 aliphatic carbocycles. The fraction of sp³-hybridized carbons (Fsp3) is 0.571. The summed E-state index contributed by atoms with van der Waals surface area (Å²) in [5, 5.41) is 11.5. The SMILES string of the molecule is CC1CCCN(c2ccc([N+](=O)[O-])c(CBr)c2)CC1. The predicted molar refractivity (Wildman–Crippen MR) is 81.0 cm³/mol. The highest BCUT2D eigenvalue weighted by Crippen LogP contribution is 2.29. The van der Waals surface area contributed by atoms with Gasteiger partial charge < -0.3 is 4.90 Å². The molecule has 1 fully saturated rings. The summed E-state index contributed by atoms with van der Waals surface area (Å²) in [7, 11) is 0.